The summed E-state index contributed by atoms with van der Waals surface area (Å²) >= 11 is 0. The van der Waals surface area contributed by atoms with Gasteiger partial charge >= 0.3 is 0 Å². The molecule has 1 aliphatic carbocycles. The molecule has 2 aromatic heterocycles. The third kappa shape index (κ3) is 3.26. The SMILES string of the molecule is N[C@@H]1c2ccc(F)cc2CC12CCN(c1cnc3c(n1)CN=C3N1CCCc3ncccc31)CC2. The van der Waals surface area contributed by atoms with Crippen LogP contribution in [0, 0.1) is 11.2 Å². The fraction of sp³-hybridized carbons (Fsp3) is 0.407. The molecule has 5 heterocycles. The molecule has 7 rings (SSSR count). The van der Waals surface area contributed by atoms with Gasteiger partial charge in [-0.05, 0) is 72.9 Å². The molecule has 1 fully saturated rings. The molecule has 1 aromatic carbocycles. The van der Waals surface area contributed by atoms with Crippen LogP contribution in [0.4, 0.5) is 15.9 Å². The molecule has 1 spiro atoms. The highest BCUT2D eigenvalue weighted by atomic mass is 19.1. The number of piperidine rings is 1. The quantitative estimate of drug-likeness (QED) is 0.587. The van der Waals surface area contributed by atoms with E-state index in [1.807, 2.05) is 24.5 Å². The smallest absolute Gasteiger partial charge is 0.156 e. The van der Waals surface area contributed by atoms with Crippen molar-refractivity contribution >= 4 is 17.3 Å². The lowest BCUT2D eigenvalue weighted by Gasteiger charge is -2.42. The first kappa shape index (κ1) is 20.9. The van der Waals surface area contributed by atoms with Gasteiger partial charge in [-0.3, -0.25) is 9.98 Å². The molecule has 0 saturated carbocycles. The van der Waals surface area contributed by atoms with Crippen LogP contribution in [0.25, 0.3) is 0 Å². The topological polar surface area (TPSA) is 83.5 Å². The number of anilines is 2. The summed E-state index contributed by atoms with van der Waals surface area (Å²) in [5, 5.41) is 0. The highest BCUT2D eigenvalue weighted by molar-refractivity contribution is 6.11. The number of aromatic nitrogens is 3. The van der Waals surface area contributed by atoms with E-state index in [2.05, 4.69) is 20.9 Å². The zero-order valence-electron chi connectivity index (χ0n) is 19.6. The van der Waals surface area contributed by atoms with Crippen molar-refractivity contribution in [2.24, 2.45) is 16.1 Å². The number of halogens is 1. The summed E-state index contributed by atoms with van der Waals surface area (Å²) in [6.45, 7) is 3.22. The fourth-order valence-corrected chi connectivity index (χ4v) is 6.44. The lowest BCUT2D eigenvalue weighted by atomic mass is 9.73. The van der Waals surface area contributed by atoms with Crippen molar-refractivity contribution < 1.29 is 4.39 Å². The molecule has 7 nitrogen and oxygen atoms in total. The van der Waals surface area contributed by atoms with Gasteiger partial charge < -0.3 is 15.5 Å². The van der Waals surface area contributed by atoms with E-state index in [0.717, 1.165) is 97.3 Å². The minimum absolute atomic E-state index is 0.00273. The lowest BCUT2D eigenvalue weighted by Crippen LogP contribution is -2.44. The third-order valence-electron chi connectivity index (χ3n) is 8.36. The number of benzene rings is 1. The van der Waals surface area contributed by atoms with Crippen LogP contribution in [0.15, 0.2) is 47.7 Å². The predicted octanol–water partition coefficient (Wildman–Crippen LogP) is 3.57. The molecule has 8 heteroatoms. The first-order chi connectivity index (χ1) is 17.1. The molecule has 35 heavy (non-hydrogen) atoms. The van der Waals surface area contributed by atoms with E-state index in [-0.39, 0.29) is 17.3 Å². The van der Waals surface area contributed by atoms with E-state index in [1.165, 1.54) is 6.07 Å². The maximum atomic E-state index is 13.8. The van der Waals surface area contributed by atoms with Gasteiger partial charge in [0.2, 0.25) is 0 Å². The number of pyridine rings is 1. The van der Waals surface area contributed by atoms with Crippen LogP contribution < -0.4 is 15.5 Å². The number of nitrogens with zero attached hydrogens (tertiary/aromatic N) is 6. The Morgan fingerprint density at radius 2 is 1.94 bits per heavy atom. The second-order valence-electron chi connectivity index (χ2n) is 10.2. The highest BCUT2D eigenvalue weighted by Crippen LogP contribution is 2.51. The maximum absolute atomic E-state index is 13.8. The zero-order valence-corrected chi connectivity index (χ0v) is 19.6. The summed E-state index contributed by atoms with van der Waals surface area (Å²) < 4.78 is 13.8. The summed E-state index contributed by atoms with van der Waals surface area (Å²) in [6.07, 6.45) is 8.58. The number of fused-ring (bicyclic) bond motifs is 3. The number of hydrogen-bond acceptors (Lipinski definition) is 7. The second kappa shape index (κ2) is 7.81. The Hall–Kier alpha value is -3.39. The molecule has 1 atom stereocenters. The van der Waals surface area contributed by atoms with Crippen molar-refractivity contribution in [1.29, 1.82) is 0 Å². The summed E-state index contributed by atoms with van der Waals surface area (Å²) in [7, 11) is 0. The Balaban J connectivity index is 1.09. The number of amidine groups is 1. The van der Waals surface area contributed by atoms with Gasteiger partial charge in [-0.1, -0.05) is 6.07 Å². The Bertz CT molecular complexity index is 1350. The summed E-state index contributed by atoms with van der Waals surface area (Å²) in [5.74, 6) is 1.64. The van der Waals surface area contributed by atoms with E-state index in [0.29, 0.717) is 6.54 Å². The first-order valence-electron chi connectivity index (χ1n) is 12.5. The average Bonchev–Trinajstić information content (AvgIpc) is 3.42. The van der Waals surface area contributed by atoms with Crippen molar-refractivity contribution in [1.82, 2.24) is 15.0 Å². The van der Waals surface area contributed by atoms with Gasteiger partial charge in [-0.2, -0.15) is 0 Å². The molecule has 3 aromatic rings. The van der Waals surface area contributed by atoms with Crippen LogP contribution in [0.1, 0.15) is 53.5 Å². The Morgan fingerprint density at radius 1 is 1.06 bits per heavy atom. The second-order valence-corrected chi connectivity index (χ2v) is 10.2. The standard InChI is InChI=1S/C27H28FN7/c28-18-5-6-19-17(13-18)14-27(25(19)29)7-11-34(12-8-27)23-16-31-24-21(33-23)15-32-26(24)35-10-2-3-20-22(35)4-1-9-30-20/h1,4-6,9,13,16,25H,2-3,7-8,10-12,14-15,29H2/t25-/m1/s1. The average molecular weight is 470 g/mol. The van der Waals surface area contributed by atoms with Gasteiger partial charge in [0.1, 0.15) is 17.3 Å². The molecule has 4 aliphatic rings. The minimum atomic E-state index is -0.176. The highest BCUT2D eigenvalue weighted by Gasteiger charge is 2.46. The number of rotatable bonds is 1. The zero-order chi connectivity index (χ0) is 23.6. The molecule has 0 bridgehead atoms. The van der Waals surface area contributed by atoms with Crippen LogP contribution >= 0.6 is 0 Å². The summed E-state index contributed by atoms with van der Waals surface area (Å²) in [4.78, 5) is 23.8. The van der Waals surface area contributed by atoms with Crippen LogP contribution in [-0.2, 0) is 19.4 Å². The van der Waals surface area contributed by atoms with E-state index >= 15 is 0 Å². The maximum Gasteiger partial charge on any atom is 0.156 e. The van der Waals surface area contributed by atoms with E-state index in [4.69, 9.17) is 20.7 Å². The van der Waals surface area contributed by atoms with E-state index in [1.54, 1.807) is 6.07 Å². The van der Waals surface area contributed by atoms with Crippen molar-refractivity contribution in [2.45, 2.75) is 44.7 Å². The molecule has 2 N–H and O–H groups in total. The number of hydrogen-bond donors (Lipinski definition) is 1. The van der Waals surface area contributed by atoms with Gasteiger partial charge in [-0.15, -0.1) is 0 Å². The summed E-state index contributed by atoms with van der Waals surface area (Å²) in [6, 6.07) is 9.13. The fourth-order valence-electron chi connectivity index (χ4n) is 6.44. The van der Waals surface area contributed by atoms with Crippen LogP contribution in [-0.4, -0.2) is 40.4 Å². The monoisotopic (exact) mass is 469 g/mol. The van der Waals surface area contributed by atoms with Crippen molar-refractivity contribution in [3.8, 4) is 0 Å². The van der Waals surface area contributed by atoms with Crippen molar-refractivity contribution in [2.75, 3.05) is 29.4 Å². The van der Waals surface area contributed by atoms with E-state index < -0.39 is 0 Å². The molecular formula is C27H28FN7. The van der Waals surface area contributed by atoms with Crippen molar-refractivity contribution in [3.63, 3.8) is 0 Å². The largest absolute Gasteiger partial charge is 0.355 e. The van der Waals surface area contributed by atoms with Crippen LogP contribution in [0.3, 0.4) is 0 Å². The Labute approximate surface area is 203 Å². The molecule has 1 saturated heterocycles. The van der Waals surface area contributed by atoms with Crippen LogP contribution in [0.2, 0.25) is 0 Å². The predicted molar refractivity (Wildman–Crippen MR) is 133 cm³/mol. The Morgan fingerprint density at radius 3 is 2.83 bits per heavy atom. The molecule has 178 valence electrons. The van der Waals surface area contributed by atoms with Crippen LogP contribution in [0.5, 0.6) is 0 Å². The normalized spacial score (nSPS) is 22.1. The Kier molecular flexibility index (Phi) is 4.67. The lowest BCUT2D eigenvalue weighted by molar-refractivity contribution is 0.187. The van der Waals surface area contributed by atoms with Gasteiger partial charge in [0, 0.05) is 31.9 Å². The third-order valence-corrected chi connectivity index (χ3v) is 8.36. The minimum Gasteiger partial charge on any atom is -0.355 e. The van der Waals surface area contributed by atoms with Crippen molar-refractivity contribution in [3.05, 3.63) is 76.8 Å². The van der Waals surface area contributed by atoms with Gasteiger partial charge in [0.25, 0.3) is 0 Å². The van der Waals surface area contributed by atoms with E-state index in [9.17, 15) is 4.39 Å². The molecule has 0 amide bonds. The molecular weight excluding hydrogens is 441 g/mol. The number of nitrogens with two attached hydrogens (primary N) is 1. The number of aryl methyl sites for hydroxylation is 1. The molecule has 0 radical (unpaired) electrons. The summed E-state index contributed by atoms with van der Waals surface area (Å²) in [5.41, 5.74) is 12.9. The molecule has 3 aliphatic heterocycles. The van der Waals surface area contributed by atoms with Gasteiger partial charge in [0.15, 0.2) is 5.84 Å². The molecule has 0 unspecified atom stereocenters. The van der Waals surface area contributed by atoms with Gasteiger partial charge in [-0.25, -0.2) is 14.4 Å². The van der Waals surface area contributed by atoms with Gasteiger partial charge in [0.05, 0.1) is 29.8 Å². The first-order valence-corrected chi connectivity index (χ1v) is 12.5. The number of aliphatic imine (C=N–C) groups is 1.